The molecule has 1 unspecified atom stereocenters. The Bertz CT molecular complexity index is 417. The monoisotopic (exact) mass is 277 g/mol. The number of aliphatic carboxylic acids is 1. The van der Waals surface area contributed by atoms with Gasteiger partial charge in [-0.25, -0.2) is 0 Å². The van der Waals surface area contributed by atoms with Gasteiger partial charge in [0.2, 0.25) is 0 Å². The number of anilines is 1. The van der Waals surface area contributed by atoms with Crippen molar-refractivity contribution in [2.45, 2.75) is 13.1 Å². The van der Waals surface area contributed by atoms with Crippen molar-refractivity contribution in [3.8, 4) is 5.75 Å². The summed E-state index contributed by atoms with van der Waals surface area (Å²) in [6.45, 7) is 1.59. The average Bonchev–Trinajstić information content (AvgIpc) is 2.29. The summed E-state index contributed by atoms with van der Waals surface area (Å²) in [5.74, 6) is -3.73. The number of alkyl halides is 3. The molecule has 0 aliphatic rings. The Balaban J connectivity index is 2.62. The van der Waals surface area contributed by atoms with Gasteiger partial charge in [0.05, 0.1) is 6.61 Å². The molecule has 0 bridgehead atoms. The highest BCUT2D eigenvalue weighted by Gasteiger charge is 2.44. The zero-order chi connectivity index (χ0) is 14.5. The summed E-state index contributed by atoms with van der Waals surface area (Å²) in [5.41, 5.74) is 0.402. The maximum Gasteiger partial charge on any atom is 0.403 e. The fourth-order valence-corrected chi connectivity index (χ4v) is 1.40. The average molecular weight is 277 g/mol. The van der Waals surface area contributed by atoms with E-state index in [-0.39, 0.29) is 0 Å². The summed E-state index contributed by atoms with van der Waals surface area (Å²) in [6.07, 6.45) is -4.77. The third-order valence-corrected chi connectivity index (χ3v) is 2.37. The highest BCUT2D eigenvalue weighted by molar-refractivity contribution is 5.71. The number of carboxylic acid groups (broad SMARTS) is 1. The Morgan fingerprint density at radius 2 is 1.95 bits per heavy atom. The van der Waals surface area contributed by atoms with E-state index < -0.39 is 24.6 Å². The lowest BCUT2D eigenvalue weighted by molar-refractivity contribution is -0.190. The molecular formula is C12H14F3NO3. The Labute approximate surface area is 108 Å². The number of hydrogen-bond donors (Lipinski definition) is 2. The zero-order valence-electron chi connectivity index (χ0n) is 10.2. The number of hydrogen-bond acceptors (Lipinski definition) is 3. The molecule has 1 aromatic rings. The fourth-order valence-electron chi connectivity index (χ4n) is 1.40. The molecule has 0 heterocycles. The van der Waals surface area contributed by atoms with E-state index in [0.717, 1.165) is 0 Å². The van der Waals surface area contributed by atoms with Crippen LogP contribution in [0.3, 0.4) is 0 Å². The number of halogens is 3. The second kappa shape index (κ2) is 6.31. The molecule has 4 nitrogen and oxygen atoms in total. The molecule has 0 aromatic heterocycles. The van der Waals surface area contributed by atoms with Gasteiger partial charge in [-0.1, -0.05) is 0 Å². The van der Waals surface area contributed by atoms with E-state index in [1.165, 1.54) is 12.1 Å². The zero-order valence-corrected chi connectivity index (χ0v) is 10.2. The summed E-state index contributed by atoms with van der Waals surface area (Å²) in [5, 5.41) is 11.0. The van der Waals surface area contributed by atoms with Gasteiger partial charge in [-0.3, -0.25) is 4.79 Å². The molecule has 106 valence electrons. The van der Waals surface area contributed by atoms with Gasteiger partial charge in [0.25, 0.3) is 0 Å². The summed E-state index contributed by atoms with van der Waals surface area (Å²) in [7, 11) is 0. The van der Waals surface area contributed by atoms with Crippen LogP contribution in [0.1, 0.15) is 6.92 Å². The van der Waals surface area contributed by atoms with Gasteiger partial charge in [0.1, 0.15) is 5.75 Å². The minimum absolute atomic E-state index is 0.402. The Hall–Kier alpha value is -1.92. The van der Waals surface area contributed by atoms with Gasteiger partial charge in [-0.15, -0.1) is 0 Å². The maximum atomic E-state index is 12.4. The largest absolute Gasteiger partial charge is 0.494 e. The van der Waals surface area contributed by atoms with Gasteiger partial charge in [0.15, 0.2) is 5.92 Å². The predicted octanol–water partition coefficient (Wildman–Crippen LogP) is 2.76. The third-order valence-electron chi connectivity index (χ3n) is 2.37. The molecule has 0 aliphatic heterocycles. The molecule has 0 spiro atoms. The van der Waals surface area contributed by atoms with Crippen molar-refractivity contribution in [1.29, 1.82) is 0 Å². The lowest BCUT2D eigenvalue weighted by Gasteiger charge is -2.17. The normalized spacial score (nSPS) is 12.8. The van der Waals surface area contributed by atoms with Gasteiger partial charge < -0.3 is 15.2 Å². The first kappa shape index (κ1) is 15.1. The summed E-state index contributed by atoms with van der Waals surface area (Å²) < 4.78 is 42.4. The lowest BCUT2D eigenvalue weighted by atomic mass is 10.1. The smallest absolute Gasteiger partial charge is 0.403 e. The molecule has 1 aromatic carbocycles. The number of rotatable bonds is 6. The Morgan fingerprint density at radius 1 is 1.37 bits per heavy atom. The van der Waals surface area contributed by atoms with Gasteiger partial charge in [0, 0.05) is 12.2 Å². The first-order chi connectivity index (χ1) is 8.84. The summed E-state index contributed by atoms with van der Waals surface area (Å²) in [6, 6.07) is 6.24. The van der Waals surface area contributed by atoms with Gasteiger partial charge >= 0.3 is 12.1 Å². The molecule has 0 saturated carbocycles. The molecule has 1 atom stereocenters. The second-order valence-corrected chi connectivity index (χ2v) is 3.77. The first-order valence-electron chi connectivity index (χ1n) is 5.61. The SMILES string of the molecule is CCOc1ccc(NCC(C(=O)O)C(F)(F)F)cc1. The highest BCUT2D eigenvalue weighted by atomic mass is 19.4. The minimum Gasteiger partial charge on any atom is -0.494 e. The molecule has 19 heavy (non-hydrogen) atoms. The minimum atomic E-state index is -4.77. The second-order valence-electron chi connectivity index (χ2n) is 3.77. The number of ether oxygens (including phenoxy) is 1. The quantitative estimate of drug-likeness (QED) is 0.839. The topological polar surface area (TPSA) is 58.6 Å². The number of carboxylic acids is 1. The Kier molecular flexibility index (Phi) is 5.02. The van der Waals surface area contributed by atoms with Crippen LogP contribution in [0.4, 0.5) is 18.9 Å². The molecule has 1 rings (SSSR count). The van der Waals surface area contributed by atoms with E-state index in [0.29, 0.717) is 18.0 Å². The number of benzene rings is 1. The summed E-state index contributed by atoms with van der Waals surface area (Å²) >= 11 is 0. The standard InChI is InChI=1S/C12H14F3NO3/c1-2-19-9-5-3-8(4-6-9)16-7-10(11(17)18)12(13,14)15/h3-6,10,16H,2,7H2,1H3,(H,17,18). The van der Waals surface area contributed by atoms with Crippen LogP contribution < -0.4 is 10.1 Å². The van der Waals surface area contributed by atoms with E-state index in [2.05, 4.69) is 5.32 Å². The van der Waals surface area contributed by atoms with Crippen molar-refractivity contribution in [3.05, 3.63) is 24.3 Å². The van der Waals surface area contributed by atoms with Crippen LogP contribution in [0.15, 0.2) is 24.3 Å². The molecular weight excluding hydrogens is 263 g/mol. The molecule has 0 amide bonds. The van der Waals surface area contributed by atoms with E-state index in [4.69, 9.17) is 9.84 Å². The van der Waals surface area contributed by atoms with Crippen LogP contribution in [-0.2, 0) is 4.79 Å². The van der Waals surface area contributed by atoms with Crippen LogP contribution in [0, 0.1) is 5.92 Å². The molecule has 0 saturated heterocycles. The van der Waals surface area contributed by atoms with Crippen LogP contribution in [-0.4, -0.2) is 30.4 Å². The van der Waals surface area contributed by atoms with Crippen LogP contribution in [0.25, 0.3) is 0 Å². The van der Waals surface area contributed by atoms with Gasteiger partial charge in [-0.2, -0.15) is 13.2 Å². The van der Waals surface area contributed by atoms with Crippen LogP contribution in [0.2, 0.25) is 0 Å². The highest BCUT2D eigenvalue weighted by Crippen LogP contribution is 2.27. The third kappa shape index (κ3) is 4.69. The predicted molar refractivity (Wildman–Crippen MR) is 63.3 cm³/mol. The van der Waals surface area contributed by atoms with E-state index >= 15 is 0 Å². The molecule has 0 fully saturated rings. The van der Waals surface area contributed by atoms with Crippen LogP contribution in [0.5, 0.6) is 5.75 Å². The number of nitrogens with one attached hydrogen (secondary N) is 1. The van der Waals surface area contributed by atoms with Crippen molar-refractivity contribution < 1.29 is 27.8 Å². The van der Waals surface area contributed by atoms with Crippen molar-refractivity contribution in [2.24, 2.45) is 5.92 Å². The van der Waals surface area contributed by atoms with E-state index in [9.17, 15) is 18.0 Å². The van der Waals surface area contributed by atoms with Crippen molar-refractivity contribution in [1.82, 2.24) is 0 Å². The van der Waals surface area contributed by atoms with Crippen molar-refractivity contribution in [2.75, 3.05) is 18.5 Å². The molecule has 0 aliphatic carbocycles. The first-order valence-corrected chi connectivity index (χ1v) is 5.61. The molecule has 2 N–H and O–H groups in total. The van der Waals surface area contributed by atoms with Gasteiger partial charge in [-0.05, 0) is 31.2 Å². The fraction of sp³-hybridized carbons (Fsp3) is 0.417. The molecule has 0 radical (unpaired) electrons. The Morgan fingerprint density at radius 3 is 2.37 bits per heavy atom. The summed E-state index contributed by atoms with van der Waals surface area (Å²) in [4.78, 5) is 10.5. The lowest BCUT2D eigenvalue weighted by Crippen LogP contribution is -2.36. The van der Waals surface area contributed by atoms with E-state index in [1.54, 1.807) is 12.1 Å². The number of carbonyl (C=O) groups is 1. The van der Waals surface area contributed by atoms with Crippen molar-refractivity contribution in [3.63, 3.8) is 0 Å². The maximum absolute atomic E-state index is 12.4. The molecule has 7 heteroatoms. The van der Waals surface area contributed by atoms with Crippen LogP contribution >= 0.6 is 0 Å². The van der Waals surface area contributed by atoms with Crippen molar-refractivity contribution >= 4 is 11.7 Å². The van der Waals surface area contributed by atoms with E-state index in [1.807, 2.05) is 6.92 Å².